The maximum absolute atomic E-state index is 12.9. The maximum Gasteiger partial charge on any atom is 0.318 e. The molecule has 1 aliphatic heterocycles. The van der Waals surface area contributed by atoms with Crippen molar-refractivity contribution in [3.8, 4) is 0 Å². The summed E-state index contributed by atoms with van der Waals surface area (Å²) in [6.45, 7) is 4.04. The SMILES string of the molecule is Cc1nnc(N2CCN(C(=O)CCC(=O)c3ccc(F)cc3)CC2)o1. The van der Waals surface area contributed by atoms with Crippen LogP contribution in [-0.2, 0) is 4.79 Å². The minimum atomic E-state index is -0.387. The van der Waals surface area contributed by atoms with Crippen LogP contribution in [0, 0.1) is 12.7 Å². The summed E-state index contributed by atoms with van der Waals surface area (Å²) < 4.78 is 18.3. The van der Waals surface area contributed by atoms with Crippen LogP contribution >= 0.6 is 0 Å². The predicted octanol–water partition coefficient (Wildman–Crippen LogP) is 1.83. The summed E-state index contributed by atoms with van der Waals surface area (Å²) in [5, 5.41) is 7.77. The van der Waals surface area contributed by atoms with Crippen LogP contribution in [0.5, 0.6) is 0 Å². The van der Waals surface area contributed by atoms with E-state index in [0.29, 0.717) is 43.6 Å². The molecule has 1 fully saturated rings. The van der Waals surface area contributed by atoms with Gasteiger partial charge in [-0.3, -0.25) is 9.59 Å². The van der Waals surface area contributed by atoms with Crippen molar-refractivity contribution in [2.75, 3.05) is 31.1 Å². The lowest BCUT2D eigenvalue weighted by Crippen LogP contribution is -2.49. The fraction of sp³-hybridized carbons (Fsp3) is 0.412. The van der Waals surface area contributed by atoms with Crippen molar-refractivity contribution in [1.29, 1.82) is 0 Å². The third kappa shape index (κ3) is 4.20. The van der Waals surface area contributed by atoms with E-state index in [4.69, 9.17) is 4.42 Å². The van der Waals surface area contributed by atoms with Crippen LogP contribution in [0.1, 0.15) is 29.1 Å². The molecular formula is C17H19FN4O3. The zero-order valence-electron chi connectivity index (χ0n) is 13.9. The quantitative estimate of drug-likeness (QED) is 0.769. The first-order valence-corrected chi connectivity index (χ1v) is 8.14. The number of hydrogen-bond donors (Lipinski definition) is 0. The number of benzene rings is 1. The molecule has 0 bridgehead atoms. The Morgan fingerprint density at radius 2 is 1.76 bits per heavy atom. The number of carbonyl (C=O) groups is 2. The minimum Gasteiger partial charge on any atom is -0.408 e. The first kappa shape index (κ1) is 17.1. The van der Waals surface area contributed by atoms with Crippen LogP contribution in [0.3, 0.4) is 0 Å². The average molecular weight is 346 g/mol. The number of aromatic nitrogens is 2. The molecule has 2 heterocycles. The number of hydrogen-bond acceptors (Lipinski definition) is 6. The Labute approximate surface area is 144 Å². The molecule has 0 unspecified atom stereocenters. The number of halogens is 1. The molecule has 2 aromatic rings. The van der Waals surface area contributed by atoms with Gasteiger partial charge in [0.1, 0.15) is 5.82 Å². The van der Waals surface area contributed by atoms with E-state index >= 15 is 0 Å². The number of amides is 1. The van der Waals surface area contributed by atoms with Gasteiger partial charge in [0, 0.05) is 51.5 Å². The van der Waals surface area contributed by atoms with Crippen molar-refractivity contribution in [3.05, 3.63) is 41.5 Å². The van der Waals surface area contributed by atoms with Crippen LogP contribution in [0.25, 0.3) is 0 Å². The molecule has 0 spiro atoms. The van der Waals surface area contributed by atoms with Crippen molar-refractivity contribution < 1.29 is 18.4 Å². The largest absolute Gasteiger partial charge is 0.408 e. The Hall–Kier alpha value is -2.77. The van der Waals surface area contributed by atoms with E-state index in [1.807, 2.05) is 4.90 Å². The highest BCUT2D eigenvalue weighted by atomic mass is 19.1. The molecule has 1 amide bonds. The van der Waals surface area contributed by atoms with Crippen LogP contribution < -0.4 is 4.90 Å². The van der Waals surface area contributed by atoms with E-state index in [9.17, 15) is 14.0 Å². The average Bonchev–Trinajstić information content (AvgIpc) is 3.06. The van der Waals surface area contributed by atoms with Crippen molar-refractivity contribution in [3.63, 3.8) is 0 Å². The first-order valence-electron chi connectivity index (χ1n) is 8.14. The van der Waals surface area contributed by atoms with Gasteiger partial charge in [-0.1, -0.05) is 5.10 Å². The van der Waals surface area contributed by atoms with Gasteiger partial charge in [0.25, 0.3) is 0 Å². The van der Waals surface area contributed by atoms with Gasteiger partial charge in [-0.05, 0) is 24.3 Å². The molecule has 0 saturated carbocycles. The van der Waals surface area contributed by atoms with Crippen LogP contribution in [0.15, 0.2) is 28.7 Å². The summed E-state index contributed by atoms with van der Waals surface area (Å²) >= 11 is 0. The maximum atomic E-state index is 12.9. The molecule has 0 atom stereocenters. The molecule has 1 aromatic heterocycles. The number of Topliss-reactive ketones (excluding diaryl/α,β-unsaturated/α-hetero) is 1. The number of aryl methyl sites for hydroxylation is 1. The summed E-state index contributed by atoms with van der Waals surface area (Å²) in [6.07, 6.45) is 0.267. The number of carbonyl (C=O) groups excluding carboxylic acids is 2. The number of nitrogens with zero attached hydrogens (tertiary/aromatic N) is 4. The molecule has 1 saturated heterocycles. The van der Waals surface area contributed by atoms with E-state index in [-0.39, 0.29) is 30.3 Å². The second kappa shape index (κ2) is 7.42. The smallest absolute Gasteiger partial charge is 0.318 e. The summed E-state index contributed by atoms with van der Waals surface area (Å²) in [7, 11) is 0. The number of anilines is 1. The lowest BCUT2D eigenvalue weighted by Gasteiger charge is -2.33. The van der Waals surface area contributed by atoms with Crippen molar-refractivity contribution in [2.45, 2.75) is 19.8 Å². The van der Waals surface area contributed by atoms with Gasteiger partial charge < -0.3 is 14.2 Å². The van der Waals surface area contributed by atoms with E-state index in [1.165, 1.54) is 24.3 Å². The Morgan fingerprint density at radius 1 is 1.08 bits per heavy atom. The number of rotatable bonds is 5. The molecule has 7 nitrogen and oxygen atoms in total. The normalized spacial score (nSPS) is 14.6. The van der Waals surface area contributed by atoms with Gasteiger partial charge in [-0.2, -0.15) is 0 Å². The monoisotopic (exact) mass is 346 g/mol. The highest BCUT2D eigenvalue weighted by molar-refractivity contribution is 5.97. The summed E-state index contributed by atoms with van der Waals surface area (Å²) in [6, 6.07) is 5.83. The zero-order valence-corrected chi connectivity index (χ0v) is 13.9. The molecule has 8 heteroatoms. The van der Waals surface area contributed by atoms with Gasteiger partial charge in [-0.25, -0.2) is 4.39 Å². The van der Waals surface area contributed by atoms with Crippen LogP contribution in [-0.4, -0.2) is 53.0 Å². The van der Waals surface area contributed by atoms with Gasteiger partial charge >= 0.3 is 6.01 Å². The number of ketones is 1. The molecule has 0 N–H and O–H groups in total. The summed E-state index contributed by atoms with van der Waals surface area (Å²) in [4.78, 5) is 28.0. The Bertz CT molecular complexity index is 752. The van der Waals surface area contributed by atoms with Gasteiger partial charge in [0.05, 0.1) is 0 Å². The molecule has 0 radical (unpaired) electrons. The topological polar surface area (TPSA) is 79.5 Å². The highest BCUT2D eigenvalue weighted by Gasteiger charge is 2.24. The molecule has 25 heavy (non-hydrogen) atoms. The zero-order chi connectivity index (χ0) is 17.8. The van der Waals surface area contributed by atoms with E-state index in [0.717, 1.165) is 0 Å². The molecule has 1 aliphatic rings. The molecule has 1 aromatic carbocycles. The summed E-state index contributed by atoms with van der Waals surface area (Å²) in [5.74, 6) is -0.0973. The van der Waals surface area contributed by atoms with Crippen molar-refractivity contribution in [2.24, 2.45) is 0 Å². The Kier molecular flexibility index (Phi) is 5.06. The van der Waals surface area contributed by atoms with Gasteiger partial charge in [0.15, 0.2) is 5.78 Å². The van der Waals surface area contributed by atoms with Crippen molar-refractivity contribution in [1.82, 2.24) is 15.1 Å². The molecule has 0 aliphatic carbocycles. The standard InChI is InChI=1S/C17H19FN4O3/c1-12-19-20-17(25-12)22-10-8-21(9-11-22)16(24)7-6-15(23)13-2-4-14(18)5-3-13/h2-5H,6-11H2,1H3. The fourth-order valence-corrected chi connectivity index (χ4v) is 2.72. The number of piperazine rings is 1. The second-order valence-corrected chi connectivity index (χ2v) is 5.90. The Morgan fingerprint density at radius 3 is 2.36 bits per heavy atom. The lowest BCUT2D eigenvalue weighted by molar-refractivity contribution is -0.131. The Balaban J connectivity index is 1.46. The van der Waals surface area contributed by atoms with Crippen LogP contribution in [0.2, 0.25) is 0 Å². The molecular weight excluding hydrogens is 327 g/mol. The molecule has 3 rings (SSSR count). The highest BCUT2D eigenvalue weighted by Crippen LogP contribution is 2.15. The summed E-state index contributed by atoms with van der Waals surface area (Å²) in [5.41, 5.74) is 0.422. The van der Waals surface area contributed by atoms with Gasteiger partial charge in [0.2, 0.25) is 11.8 Å². The van der Waals surface area contributed by atoms with E-state index < -0.39 is 0 Å². The molecule has 132 valence electrons. The van der Waals surface area contributed by atoms with E-state index in [2.05, 4.69) is 10.2 Å². The van der Waals surface area contributed by atoms with Crippen LogP contribution in [0.4, 0.5) is 10.4 Å². The first-order chi connectivity index (χ1) is 12.0. The predicted molar refractivity (Wildman–Crippen MR) is 87.8 cm³/mol. The fourth-order valence-electron chi connectivity index (χ4n) is 2.72. The lowest BCUT2D eigenvalue weighted by atomic mass is 10.1. The minimum absolute atomic E-state index is 0.0585. The second-order valence-electron chi connectivity index (χ2n) is 5.90. The third-order valence-electron chi connectivity index (χ3n) is 4.15. The van der Waals surface area contributed by atoms with E-state index in [1.54, 1.807) is 11.8 Å². The van der Waals surface area contributed by atoms with Gasteiger partial charge in [-0.15, -0.1) is 5.10 Å². The van der Waals surface area contributed by atoms with Crippen molar-refractivity contribution >= 4 is 17.7 Å². The third-order valence-corrected chi connectivity index (χ3v) is 4.15.